The Balaban J connectivity index is 1.43. The van der Waals surface area contributed by atoms with Crippen LogP contribution in [0.15, 0.2) is 24.8 Å². The van der Waals surface area contributed by atoms with Crippen molar-refractivity contribution >= 4 is 11.7 Å². The number of nitrogens with one attached hydrogen (secondary N) is 2. The van der Waals surface area contributed by atoms with Crippen LogP contribution >= 0.6 is 0 Å². The molecule has 23 heavy (non-hydrogen) atoms. The number of nitrogens with zero attached hydrogens (tertiary/aromatic N) is 4. The number of rotatable bonds is 4. The molecule has 4 rings (SSSR count). The topological polar surface area (TPSA) is 78.8 Å². The number of likely N-dealkylation sites (tertiary alicyclic amines) is 1. The molecule has 2 N–H and O–H groups in total. The second-order valence-corrected chi connectivity index (χ2v) is 6.50. The summed E-state index contributed by atoms with van der Waals surface area (Å²) in [6, 6.07) is -0.0441. The van der Waals surface area contributed by atoms with Crippen molar-refractivity contribution in [2.24, 2.45) is 5.92 Å². The zero-order chi connectivity index (χ0) is 15.6. The molecule has 2 amide bonds. The lowest BCUT2D eigenvalue weighted by atomic mass is 10.0. The van der Waals surface area contributed by atoms with E-state index in [1.165, 1.54) is 12.8 Å². The van der Waals surface area contributed by atoms with Gasteiger partial charge in [-0.15, -0.1) is 0 Å². The van der Waals surface area contributed by atoms with E-state index in [4.69, 9.17) is 0 Å². The van der Waals surface area contributed by atoms with Gasteiger partial charge in [-0.25, -0.2) is 9.78 Å². The highest BCUT2D eigenvalue weighted by molar-refractivity contribution is 5.89. The van der Waals surface area contributed by atoms with E-state index in [9.17, 15) is 4.79 Å². The normalized spacial score (nSPS) is 21.4. The van der Waals surface area contributed by atoms with Crippen molar-refractivity contribution in [3.05, 3.63) is 30.6 Å². The van der Waals surface area contributed by atoms with Crippen LogP contribution in [0, 0.1) is 5.92 Å². The fourth-order valence-electron chi connectivity index (χ4n) is 3.21. The van der Waals surface area contributed by atoms with Crippen LogP contribution in [0.4, 0.5) is 10.5 Å². The molecule has 0 unspecified atom stereocenters. The van der Waals surface area contributed by atoms with Gasteiger partial charge in [0, 0.05) is 31.7 Å². The van der Waals surface area contributed by atoms with Gasteiger partial charge in [0.05, 0.1) is 17.9 Å². The van der Waals surface area contributed by atoms with E-state index in [1.807, 2.05) is 22.0 Å². The molecule has 0 radical (unpaired) electrons. The van der Waals surface area contributed by atoms with Gasteiger partial charge in [0.2, 0.25) is 0 Å². The molecule has 1 aliphatic carbocycles. The molecule has 1 aliphatic heterocycles. The maximum Gasteiger partial charge on any atom is 0.322 e. The third kappa shape index (κ3) is 3.23. The van der Waals surface area contributed by atoms with Crippen molar-refractivity contribution in [1.82, 2.24) is 24.6 Å². The quantitative estimate of drug-likeness (QED) is 0.910. The second kappa shape index (κ2) is 6.06. The Morgan fingerprint density at radius 2 is 2.26 bits per heavy atom. The molecule has 2 aromatic heterocycles. The average Bonchev–Trinajstić information content (AvgIpc) is 3.03. The van der Waals surface area contributed by atoms with Crippen molar-refractivity contribution in [2.45, 2.75) is 44.7 Å². The lowest BCUT2D eigenvalue weighted by Gasteiger charge is -2.34. The lowest BCUT2D eigenvalue weighted by molar-refractivity contribution is 0.160. The summed E-state index contributed by atoms with van der Waals surface area (Å²) in [5.41, 5.74) is 0.763. The first-order valence-electron chi connectivity index (χ1n) is 8.39. The first-order valence-corrected chi connectivity index (χ1v) is 8.39. The zero-order valence-corrected chi connectivity index (χ0v) is 13.1. The number of aromatic amines is 1. The number of imidazole rings is 1. The maximum absolute atomic E-state index is 12.7. The predicted molar refractivity (Wildman–Crippen MR) is 85.9 cm³/mol. The monoisotopic (exact) mass is 314 g/mol. The van der Waals surface area contributed by atoms with Gasteiger partial charge in [-0.3, -0.25) is 4.68 Å². The van der Waals surface area contributed by atoms with Crippen LogP contribution in [0.5, 0.6) is 0 Å². The first-order chi connectivity index (χ1) is 11.3. The molecule has 7 nitrogen and oxygen atoms in total. The number of amides is 2. The summed E-state index contributed by atoms with van der Waals surface area (Å²) in [4.78, 5) is 22.0. The number of hydrogen-bond acceptors (Lipinski definition) is 3. The Kier molecular flexibility index (Phi) is 3.77. The average molecular weight is 314 g/mol. The molecule has 2 aromatic rings. The highest BCUT2D eigenvalue weighted by Gasteiger charge is 2.30. The van der Waals surface area contributed by atoms with Gasteiger partial charge >= 0.3 is 6.03 Å². The highest BCUT2D eigenvalue weighted by atomic mass is 16.2. The number of aromatic nitrogens is 4. The summed E-state index contributed by atoms with van der Waals surface area (Å²) in [6.07, 6.45) is 12.9. The molecule has 2 aliphatic rings. The first kappa shape index (κ1) is 14.3. The number of piperidine rings is 1. The minimum Gasteiger partial charge on any atom is -0.347 e. The number of carbonyl (C=O) groups excluding carboxylic acids is 1. The Labute approximate surface area is 135 Å². The number of anilines is 1. The molecule has 1 atom stereocenters. The lowest BCUT2D eigenvalue weighted by Crippen LogP contribution is -2.41. The van der Waals surface area contributed by atoms with Gasteiger partial charge in [0.15, 0.2) is 0 Å². The molecule has 1 saturated carbocycles. The van der Waals surface area contributed by atoms with Crippen LogP contribution < -0.4 is 5.32 Å². The third-order valence-electron chi connectivity index (χ3n) is 4.63. The van der Waals surface area contributed by atoms with E-state index in [0.717, 1.165) is 49.8 Å². The van der Waals surface area contributed by atoms with Crippen LogP contribution in [0.3, 0.4) is 0 Å². The van der Waals surface area contributed by atoms with Crippen molar-refractivity contribution in [3.8, 4) is 0 Å². The summed E-state index contributed by atoms with van der Waals surface area (Å²) in [5, 5.41) is 7.31. The van der Waals surface area contributed by atoms with E-state index in [2.05, 4.69) is 20.4 Å². The van der Waals surface area contributed by atoms with Gasteiger partial charge in [-0.2, -0.15) is 5.10 Å². The van der Waals surface area contributed by atoms with Crippen molar-refractivity contribution in [2.75, 3.05) is 11.9 Å². The Morgan fingerprint density at radius 1 is 1.35 bits per heavy atom. The maximum atomic E-state index is 12.7. The van der Waals surface area contributed by atoms with E-state index in [0.29, 0.717) is 0 Å². The van der Waals surface area contributed by atoms with E-state index < -0.39 is 0 Å². The molecular formula is C16H22N6O. The van der Waals surface area contributed by atoms with E-state index in [1.54, 1.807) is 12.4 Å². The van der Waals surface area contributed by atoms with Crippen molar-refractivity contribution < 1.29 is 4.79 Å². The fraction of sp³-hybridized carbons (Fsp3) is 0.562. The molecule has 2 fully saturated rings. The third-order valence-corrected chi connectivity index (χ3v) is 4.63. The number of H-pyrrole nitrogens is 1. The van der Waals surface area contributed by atoms with Gasteiger partial charge in [0.25, 0.3) is 0 Å². The predicted octanol–water partition coefficient (Wildman–Crippen LogP) is 2.78. The molecule has 7 heteroatoms. The summed E-state index contributed by atoms with van der Waals surface area (Å²) < 4.78 is 1.92. The molecule has 3 heterocycles. The van der Waals surface area contributed by atoms with Crippen LogP contribution in [-0.4, -0.2) is 37.2 Å². The zero-order valence-electron chi connectivity index (χ0n) is 13.1. The molecule has 0 bridgehead atoms. The Bertz CT molecular complexity index is 660. The summed E-state index contributed by atoms with van der Waals surface area (Å²) in [7, 11) is 0. The minimum atomic E-state index is -0.0722. The fourth-order valence-corrected chi connectivity index (χ4v) is 3.21. The van der Waals surface area contributed by atoms with Crippen LogP contribution in [0.25, 0.3) is 0 Å². The van der Waals surface area contributed by atoms with Gasteiger partial charge in [0.1, 0.15) is 5.82 Å². The van der Waals surface area contributed by atoms with Gasteiger partial charge in [-0.1, -0.05) is 0 Å². The number of hydrogen-bond donors (Lipinski definition) is 2. The van der Waals surface area contributed by atoms with Crippen molar-refractivity contribution in [3.63, 3.8) is 0 Å². The standard InChI is InChI=1S/C16H22N6O/c23-16(20-13-9-19-21(11-13)10-12-4-5-12)22-8-2-1-3-14(22)15-17-6-7-18-15/h6-7,9,11-12,14H,1-5,8,10H2,(H,17,18)(H,20,23)/t14-/m1/s1. The Hall–Kier alpha value is -2.31. The molecule has 0 spiro atoms. The van der Waals surface area contributed by atoms with Crippen LogP contribution in [0.2, 0.25) is 0 Å². The molecule has 1 saturated heterocycles. The largest absolute Gasteiger partial charge is 0.347 e. The summed E-state index contributed by atoms with van der Waals surface area (Å²) in [5.74, 6) is 1.63. The molecule has 0 aromatic carbocycles. The van der Waals surface area contributed by atoms with Gasteiger partial charge in [-0.05, 0) is 38.0 Å². The highest BCUT2D eigenvalue weighted by Crippen LogP contribution is 2.31. The van der Waals surface area contributed by atoms with E-state index in [-0.39, 0.29) is 12.1 Å². The smallest absolute Gasteiger partial charge is 0.322 e. The number of urea groups is 1. The van der Waals surface area contributed by atoms with Crippen molar-refractivity contribution in [1.29, 1.82) is 0 Å². The molecule has 122 valence electrons. The van der Waals surface area contributed by atoms with E-state index >= 15 is 0 Å². The second-order valence-electron chi connectivity index (χ2n) is 6.50. The summed E-state index contributed by atoms with van der Waals surface area (Å²) >= 11 is 0. The van der Waals surface area contributed by atoms with Crippen LogP contribution in [0.1, 0.15) is 44.0 Å². The molecular weight excluding hydrogens is 292 g/mol. The SMILES string of the molecule is O=C(Nc1cnn(CC2CC2)c1)N1CCCC[C@@H]1c1ncc[nH]1. The Morgan fingerprint density at radius 3 is 3.04 bits per heavy atom. The van der Waals surface area contributed by atoms with Crippen LogP contribution in [-0.2, 0) is 6.54 Å². The van der Waals surface area contributed by atoms with Gasteiger partial charge < -0.3 is 15.2 Å². The summed E-state index contributed by atoms with van der Waals surface area (Å²) in [6.45, 7) is 1.71. The minimum absolute atomic E-state index is 0.0280. The number of carbonyl (C=O) groups is 1.